The topological polar surface area (TPSA) is 93.2 Å². The van der Waals surface area contributed by atoms with Gasteiger partial charge in [-0.15, -0.1) is 0 Å². The lowest BCUT2D eigenvalue weighted by Crippen LogP contribution is -2.67. The first-order chi connectivity index (χ1) is 16.8. The lowest BCUT2D eigenvalue weighted by Gasteiger charge is -2.53. The summed E-state index contributed by atoms with van der Waals surface area (Å²) in [5.74, 6) is -1.18. The Bertz CT molecular complexity index is 1100. The fraction of sp³-hybridized carbons (Fsp3) is 0.462. The number of rotatable bonds is 8. The number of hydrogen-bond donors (Lipinski definition) is 0. The minimum absolute atomic E-state index is 0.134. The Morgan fingerprint density at radius 3 is 1.83 bits per heavy atom. The molecule has 188 valence electrons. The standard InChI is InChI=1S/C26H32N2O6S/c1-3-33-24(29)26(25(30)34-4-2)15-21-18-27(35(31,32)23-13-9-6-10-14-23)19-22(16-26)28(21)17-20-11-7-5-8-12-20/h5-14,21-22H,3-4,15-19H2,1-2H3. The molecule has 2 fully saturated rings. The van der Waals surface area contributed by atoms with Gasteiger partial charge in [0.2, 0.25) is 10.0 Å². The number of sulfonamides is 1. The van der Waals surface area contributed by atoms with E-state index in [9.17, 15) is 18.0 Å². The van der Waals surface area contributed by atoms with E-state index >= 15 is 0 Å². The third-order valence-corrected chi connectivity index (χ3v) is 8.70. The van der Waals surface area contributed by atoms with Crippen LogP contribution in [0.3, 0.4) is 0 Å². The van der Waals surface area contributed by atoms with Gasteiger partial charge in [0.1, 0.15) is 0 Å². The summed E-state index contributed by atoms with van der Waals surface area (Å²) in [7, 11) is -3.72. The van der Waals surface area contributed by atoms with Crippen LogP contribution in [0.5, 0.6) is 0 Å². The Kier molecular flexibility index (Phi) is 7.59. The Hall–Kier alpha value is -2.75. The van der Waals surface area contributed by atoms with Crippen LogP contribution in [-0.2, 0) is 35.6 Å². The first-order valence-corrected chi connectivity index (χ1v) is 13.4. The number of nitrogens with zero attached hydrogens (tertiary/aromatic N) is 2. The molecule has 9 heteroatoms. The van der Waals surface area contributed by atoms with Gasteiger partial charge in [0, 0.05) is 31.7 Å². The fourth-order valence-corrected chi connectivity index (χ4v) is 6.79. The maximum absolute atomic E-state index is 13.4. The molecule has 0 spiro atoms. The molecule has 0 N–H and O–H groups in total. The molecule has 2 heterocycles. The molecule has 35 heavy (non-hydrogen) atoms. The SMILES string of the molecule is CCOC(=O)C1(C(=O)OCC)CC2CN(S(=O)(=O)c3ccccc3)CC(C1)N2Cc1ccccc1. The summed E-state index contributed by atoms with van der Waals surface area (Å²) >= 11 is 0. The summed E-state index contributed by atoms with van der Waals surface area (Å²) < 4.78 is 39.1. The zero-order valence-corrected chi connectivity index (χ0v) is 20.9. The van der Waals surface area contributed by atoms with Gasteiger partial charge < -0.3 is 9.47 Å². The van der Waals surface area contributed by atoms with Gasteiger partial charge in [-0.25, -0.2) is 8.42 Å². The Morgan fingerprint density at radius 1 is 0.857 bits per heavy atom. The van der Waals surface area contributed by atoms with Crippen LogP contribution in [0.2, 0.25) is 0 Å². The second-order valence-electron chi connectivity index (χ2n) is 9.03. The summed E-state index contributed by atoms with van der Waals surface area (Å²) in [5.41, 5.74) is -0.362. The van der Waals surface area contributed by atoms with Crippen molar-refractivity contribution in [3.8, 4) is 0 Å². The highest BCUT2D eigenvalue weighted by Gasteiger charge is 2.59. The number of carbonyl (C=O) groups is 2. The largest absolute Gasteiger partial charge is 0.465 e. The second-order valence-corrected chi connectivity index (χ2v) is 11.0. The van der Waals surface area contributed by atoms with Gasteiger partial charge in [-0.2, -0.15) is 4.31 Å². The molecule has 2 aliphatic heterocycles. The number of carbonyl (C=O) groups excluding carboxylic acids is 2. The van der Waals surface area contributed by atoms with Crippen LogP contribution in [0.4, 0.5) is 0 Å². The fourth-order valence-electron chi connectivity index (χ4n) is 5.25. The van der Waals surface area contributed by atoms with E-state index in [2.05, 4.69) is 4.90 Å². The highest BCUT2D eigenvalue weighted by molar-refractivity contribution is 7.89. The highest BCUT2D eigenvalue weighted by Crippen LogP contribution is 2.44. The minimum atomic E-state index is -3.72. The van der Waals surface area contributed by atoms with Gasteiger partial charge in [0.15, 0.2) is 5.41 Å². The molecule has 0 radical (unpaired) electrons. The zero-order chi connectivity index (χ0) is 25.1. The number of fused-ring (bicyclic) bond motifs is 2. The van der Waals surface area contributed by atoms with E-state index in [1.54, 1.807) is 44.2 Å². The van der Waals surface area contributed by atoms with Gasteiger partial charge in [0.05, 0.1) is 18.1 Å². The van der Waals surface area contributed by atoms with Gasteiger partial charge >= 0.3 is 11.9 Å². The molecule has 0 aliphatic carbocycles. The lowest BCUT2D eigenvalue weighted by molar-refractivity contribution is -0.182. The van der Waals surface area contributed by atoms with Crippen LogP contribution in [-0.4, -0.2) is 67.9 Å². The predicted octanol–water partition coefficient (Wildman–Crippen LogP) is 2.84. The average molecular weight is 501 g/mol. The lowest BCUT2D eigenvalue weighted by atomic mass is 9.70. The first kappa shape index (κ1) is 25.3. The van der Waals surface area contributed by atoms with Gasteiger partial charge in [0.25, 0.3) is 0 Å². The molecule has 4 rings (SSSR count). The zero-order valence-electron chi connectivity index (χ0n) is 20.1. The average Bonchev–Trinajstić information content (AvgIpc) is 2.85. The van der Waals surface area contributed by atoms with Crippen LogP contribution >= 0.6 is 0 Å². The molecule has 2 saturated heterocycles. The highest BCUT2D eigenvalue weighted by atomic mass is 32.2. The number of hydrogen-bond acceptors (Lipinski definition) is 7. The number of benzene rings is 2. The van der Waals surface area contributed by atoms with Crippen LogP contribution < -0.4 is 0 Å². The maximum atomic E-state index is 13.4. The van der Waals surface area contributed by atoms with E-state index in [-0.39, 0.29) is 56.1 Å². The number of piperidine rings is 1. The maximum Gasteiger partial charge on any atom is 0.323 e. The van der Waals surface area contributed by atoms with E-state index < -0.39 is 27.4 Å². The molecule has 2 aromatic rings. The molecule has 8 nitrogen and oxygen atoms in total. The minimum Gasteiger partial charge on any atom is -0.465 e. The Morgan fingerprint density at radius 2 is 1.34 bits per heavy atom. The van der Waals surface area contributed by atoms with Gasteiger partial charge in [-0.3, -0.25) is 14.5 Å². The third-order valence-electron chi connectivity index (χ3n) is 6.86. The van der Waals surface area contributed by atoms with Crippen molar-refractivity contribution in [3.05, 3.63) is 66.2 Å². The molecular weight excluding hydrogens is 468 g/mol. The van der Waals surface area contributed by atoms with E-state index in [4.69, 9.17) is 9.47 Å². The van der Waals surface area contributed by atoms with Crippen molar-refractivity contribution in [2.24, 2.45) is 5.41 Å². The summed E-state index contributed by atoms with van der Waals surface area (Å²) in [6.45, 7) is 4.64. The van der Waals surface area contributed by atoms with Crippen molar-refractivity contribution in [1.29, 1.82) is 0 Å². The van der Waals surface area contributed by atoms with Crippen LogP contribution in [0.25, 0.3) is 0 Å². The number of piperazine rings is 1. The summed E-state index contributed by atoms with van der Waals surface area (Å²) in [5, 5.41) is 0. The first-order valence-electron chi connectivity index (χ1n) is 12.0. The summed E-state index contributed by atoms with van der Waals surface area (Å²) in [6, 6.07) is 17.5. The summed E-state index contributed by atoms with van der Waals surface area (Å²) in [6.07, 6.45) is 0.267. The molecule has 0 saturated carbocycles. The molecule has 2 aliphatic rings. The summed E-state index contributed by atoms with van der Waals surface area (Å²) in [4.78, 5) is 28.8. The Balaban J connectivity index is 1.70. The Labute approximate surface area is 206 Å². The molecule has 0 aromatic heterocycles. The van der Waals surface area contributed by atoms with E-state index in [0.717, 1.165) is 5.56 Å². The molecule has 2 bridgehead atoms. The van der Waals surface area contributed by atoms with E-state index in [1.165, 1.54) is 4.31 Å². The number of esters is 2. The van der Waals surface area contributed by atoms with Crippen molar-refractivity contribution in [2.75, 3.05) is 26.3 Å². The third kappa shape index (κ3) is 4.98. The molecule has 0 amide bonds. The van der Waals surface area contributed by atoms with Crippen molar-refractivity contribution < 1.29 is 27.5 Å². The van der Waals surface area contributed by atoms with Crippen molar-refractivity contribution in [3.63, 3.8) is 0 Å². The second kappa shape index (κ2) is 10.5. The quantitative estimate of drug-likeness (QED) is 0.406. The smallest absolute Gasteiger partial charge is 0.323 e. The molecule has 2 atom stereocenters. The van der Waals surface area contributed by atoms with Crippen molar-refractivity contribution >= 4 is 22.0 Å². The van der Waals surface area contributed by atoms with Crippen molar-refractivity contribution in [2.45, 2.75) is 50.2 Å². The van der Waals surface area contributed by atoms with Crippen LogP contribution in [0.15, 0.2) is 65.6 Å². The molecule has 2 aromatic carbocycles. The monoisotopic (exact) mass is 500 g/mol. The van der Waals surface area contributed by atoms with Gasteiger partial charge in [-0.05, 0) is 44.4 Å². The van der Waals surface area contributed by atoms with E-state index in [1.807, 2.05) is 30.3 Å². The number of ether oxygens (including phenoxy) is 2. The van der Waals surface area contributed by atoms with Crippen LogP contribution in [0.1, 0.15) is 32.3 Å². The van der Waals surface area contributed by atoms with E-state index in [0.29, 0.717) is 6.54 Å². The van der Waals surface area contributed by atoms with Crippen molar-refractivity contribution in [1.82, 2.24) is 9.21 Å². The predicted molar refractivity (Wildman–Crippen MR) is 130 cm³/mol. The van der Waals surface area contributed by atoms with Crippen LogP contribution in [0, 0.1) is 5.41 Å². The van der Waals surface area contributed by atoms with Gasteiger partial charge in [-0.1, -0.05) is 48.5 Å². The molecular formula is C26H32N2O6S. The normalized spacial score (nSPS) is 22.3. The molecule has 2 unspecified atom stereocenters.